The average Bonchev–Trinajstić information content (AvgIpc) is 2.70. The van der Waals surface area contributed by atoms with Gasteiger partial charge in [0, 0.05) is 10.8 Å². The third-order valence-corrected chi connectivity index (χ3v) is 8.70. The molecule has 0 aromatic rings. The molecular formula is C26H46O. The fraction of sp³-hybridized carbons (Fsp3) is 0.962. The summed E-state index contributed by atoms with van der Waals surface area (Å²) >= 11 is 0. The molecule has 0 atom stereocenters. The number of ketones is 1. The zero-order valence-corrected chi connectivity index (χ0v) is 18.5. The maximum atomic E-state index is 13.3. The Morgan fingerprint density at radius 2 is 1.07 bits per heavy atom. The Kier molecular flexibility index (Phi) is 7.86. The smallest absolute Gasteiger partial charge is 0.145 e. The van der Waals surface area contributed by atoms with Gasteiger partial charge in [-0.15, -0.1) is 0 Å². The maximum Gasteiger partial charge on any atom is 0.145 e. The van der Waals surface area contributed by atoms with Crippen molar-refractivity contribution in [3.63, 3.8) is 0 Å². The number of hydrogen-bond donors (Lipinski definition) is 0. The molecule has 3 aliphatic rings. The SMILES string of the molecule is CCCCCCCC1CC[C@]2(CC1)C[C@@]1(CC[C@H](CCCCC)CC1)C2=O. The number of carbonyl (C=O) groups excluding carboxylic acids is 1. The molecule has 0 unspecified atom stereocenters. The zero-order chi connectivity index (χ0) is 19.2. The van der Waals surface area contributed by atoms with E-state index in [9.17, 15) is 4.79 Å². The van der Waals surface area contributed by atoms with Gasteiger partial charge in [-0.05, 0) is 69.6 Å². The van der Waals surface area contributed by atoms with Crippen LogP contribution in [0.15, 0.2) is 0 Å². The van der Waals surface area contributed by atoms with Gasteiger partial charge in [0.25, 0.3) is 0 Å². The fourth-order valence-corrected chi connectivity index (χ4v) is 6.83. The van der Waals surface area contributed by atoms with Gasteiger partial charge in [0.05, 0.1) is 0 Å². The maximum absolute atomic E-state index is 13.3. The first-order valence-electron chi connectivity index (χ1n) is 12.7. The number of carbonyl (C=O) groups is 1. The molecule has 0 aliphatic heterocycles. The van der Waals surface area contributed by atoms with Gasteiger partial charge in [-0.2, -0.15) is 0 Å². The van der Waals surface area contributed by atoms with E-state index in [1.54, 1.807) is 0 Å². The van der Waals surface area contributed by atoms with Gasteiger partial charge in [-0.3, -0.25) is 4.79 Å². The normalized spacial score (nSPS) is 36.3. The molecule has 0 N–H and O–H groups in total. The standard InChI is InChI=1S/C26H46O/c1-3-5-7-8-10-12-23-15-19-26(20-16-23)21-25(24(26)27)17-13-22(14-18-25)11-9-6-4-2/h22-23H,3-21H2,1-2H3/t22-,23?,25-,26-. The van der Waals surface area contributed by atoms with Gasteiger partial charge < -0.3 is 0 Å². The molecule has 0 aromatic heterocycles. The predicted octanol–water partition coefficient (Wildman–Crippen LogP) is 8.25. The van der Waals surface area contributed by atoms with E-state index >= 15 is 0 Å². The minimum absolute atomic E-state index is 0.147. The zero-order valence-electron chi connectivity index (χ0n) is 18.5. The molecule has 1 heteroatoms. The van der Waals surface area contributed by atoms with Crippen LogP contribution in [0.1, 0.15) is 136 Å². The molecule has 0 saturated heterocycles. The first-order chi connectivity index (χ1) is 13.1. The lowest BCUT2D eigenvalue weighted by Crippen LogP contribution is -2.59. The van der Waals surface area contributed by atoms with Crippen LogP contribution in [0, 0.1) is 22.7 Å². The lowest BCUT2D eigenvalue weighted by Gasteiger charge is -2.59. The molecule has 3 saturated carbocycles. The van der Waals surface area contributed by atoms with Crippen LogP contribution in [-0.4, -0.2) is 5.78 Å². The highest BCUT2D eigenvalue weighted by Gasteiger charge is 2.62. The summed E-state index contributed by atoms with van der Waals surface area (Å²) in [5, 5.41) is 0. The van der Waals surface area contributed by atoms with Crippen molar-refractivity contribution in [1.29, 1.82) is 0 Å². The molecule has 2 spiro atoms. The van der Waals surface area contributed by atoms with Crippen molar-refractivity contribution in [3.05, 3.63) is 0 Å². The van der Waals surface area contributed by atoms with E-state index in [1.807, 2.05) is 0 Å². The highest BCUT2D eigenvalue weighted by molar-refractivity contribution is 5.96. The van der Waals surface area contributed by atoms with Gasteiger partial charge in [-0.25, -0.2) is 0 Å². The third kappa shape index (κ3) is 4.99. The molecule has 0 heterocycles. The second-order valence-electron chi connectivity index (χ2n) is 10.7. The Bertz CT molecular complexity index is 449. The van der Waals surface area contributed by atoms with Gasteiger partial charge in [0.15, 0.2) is 0 Å². The molecule has 3 fully saturated rings. The Balaban J connectivity index is 1.36. The average molecular weight is 375 g/mol. The largest absolute Gasteiger partial charge is 0.298 e. The van der Waals surface area contributed by atoms with Crippen molar-refractivity contribution in [3.8, 4) is 0 Å². The van der Waals surface area contributed by atoms with Gasteiger partial charge >= 0.3 is 0 Å². The molecule has 0 amide bonds. The molecule has 3 aliphatic carbocycles. The van der Waals surface area contributed by atoms with Crippen molar-refractivity contribution in [2.24, 2.45) is 22.7 Å². The number of rotatable bonds is 10. The lowest BCUT2D eigenvalue weighted by molar-refractivity contribution is -0.169. The van der Waals surface area contributed by atoms with Crippen LogP contribution < -0.4 is 0 Å². The molecule has 1 nitrogen and oxygen atoms in total. The summed E-state index contributed by atoms with van der Waals surface area (Å²) in [6.07, 6.45) is 25.6. The molecule has 3 rings (SSSR count). The predicted molar refractivity (Wildman–Crippen MR) is 116 cm³/mol. The van der Waals surface area contributed by atoms with E-state index in [0.717, 1.165) is 17.6 Å². The molecule has 27 heavy (non-hydrogen) atoms. The Labute approximate surface area is 169 Å². The Morgan fingerprint density at radius 3 is 1.52 bits per heavy atom. The minimum atomic E-state index is 0.147. The van der Waals surface area contributed by atoms with E-state index in [0.29, 0.717) is 0 Å². The van der Waals surface area contributed by atoms with Gasteiger partial charge in [0.1, 0.15) is 5.78 Å². The van der Waals surface area contributed by atoms with Gasteiger partial charge in [0.2, 0.25) is 0 Å². The topological polar surface area (TPSA) is 17.1 Å². The van der Waals surface area contributed by atoms with Crippen LogP contribution in [0.25, 0.3) is 0 Å². The molecular weight excluding hydrogens is 328 g/mol. The Hall–Kier alpha value is -0.330. The van der Waals surface area contributed by atoms with Crippen LogP contribution in [0.5, 0.6) is 0 Å². The second-order valence-corrected chi connectivity index (χ2v) is 10.7. The van der Waals surface area contributed by atoms with Crippen LogP contribution in [0.4, 0.5) is 0 Å². The van der Waals surface area contributed by atoms with Crippen LogP contribution in [-0.2, 0) is 4.79 Å². The first kappa shape index (κ1) is 21.4. The van der Waals surface area contributed by atoms with E-state index < -0.39 is 0 Å². The highest BCUT2D eigenvalue weighted by Crippen LogP contribution is 2.64. The van der Waals surface area contributed by atoms with Crippen molar-refractivity contribution in [2.75, 3.05) is 0 Å². The summed E-state index contributed by atoms with van der Waals surface area (Å²) < 4.78 is 0. The van der Waals surface area contributed by atoms with E-state index in [1.165, 1.54) is 122 Å². The van der Waals surface area contributed by atoms with Crippen molar-refractivity contribution in [1.82, 2.24) is 0 Å². The number of unbranched alkanes of at least 4 members (excludes halogenated alkanes) is 6. The summed E-state index contributed by atoms with van der Waals surface area (Å²) in [5.41, 5.74) is 0.294. The highest BCUT2D eigenvalue weighted by atomic mass is 16.1. The summed E-state index contributed by atoms with van der Waals surface area (Å²) in [6, 6.07) is 0. The van der Waals surface area contributed by atoms with Crippen molar-refractivity contribution < 1.29 is 4.79 Å². The van der Waals surface area contributed by atoms with E-state index in [4.69, 9.17) is 0 Å². The van der Waals surface area contributed by atoms with Crippen LogP contribution in [0.2, 0.25) is 0 Å². The van der Waals surface area contributed by atoms with Crippen LogP contribution in [0.3, 0.4) is 0 Å². The van der Waals surface area contributed by atoms with Crippen LogP contribution >= 0.6 is 0 Å². The quantitative estimate of drug-likeness (QED) is 0.352. The summed E-state index contributed by atoms with van der Waals surface area (Å²) in [7, 11) is 0. The van der Waals surface area contributed by atoms with E-state index in [2.05, 4.69) is 13.8 Å². The van der Waals surface area contributed by atoms with Crippen molar-refractivity contribution >= 4 is 5.78 Å². The lowest BCUT2D eigenvalue weighted by atomic mass is 9.43. The van der Waals surface area contributed by atoms with E-state index in [-0.39, 0.29) is 10.8 Å². The number of hydrogen-bond acceptors (Lipinski definition) is 1. The monoisotopic (exact) mass is 374 g/mol. The fourth-order valence-electron chi connectivity index (χ4n) is 6.83. The minimum Gasteiger partial charge on any atom is -0.298 e. The summed E-state index contributed by atoms with van der Waals surface area (Å²) in [4.78, 5) is 13.3. The molecule has 0 bridgehead atoms. The Morgan fingerprint density at radius 1 is 0.667 bits per heavy atom. The summed E-state index contributed by atoms with van der Waals surface area (Å²) in [6.45, 7) is 4.59. The molecule has 0 radical (unpaired) electrons. The van der Waals surface area contributed by atoms with Crippen molar-refractivity contribution in [2.45, 2.75) is 136 Å². The number of Topliss-reactive ketones (excluding diaryl/α,β-unsaturated/α-hetero) is 1. The van der Waals surface area contributed by atoms with Gasteiger partial charge in [-0.1, -0.05) is 78.1 Å². The second kappa shape index (κ2) is 9.93. The molecule has 0 aromatic carbocycles. The first-order valence-corrected chi connectivity index (χ1v) is 12.7. The molecule has 156 valence electrons. The summed E-state index contributed by atoms with van der Waals surface area (Å²) in [5.74, 6) is 2.58. The third-order valence-electron chi connectivity index (χ3n) is 8.70.